The molecule has 1 aromatic rings. The van der Waals surface area contributed by atoms with Crippen molar-refractivity contribution < 1.29 is 14.3 Å². The van der Waals surface area contributed by atoms with E-state index in [2.05, 4.69) is 12.1 Å². The van der Waals surface area contributed by atoms with Crippen LogP contribution in [0.4, 0.5) is 0 Å². The highest BCUT2D eigenvalue weighted by Crippen LogP contribution is 2.41. The van der Waals surface area contributed by atoms with Crippen molar-refractivity contribution in [2.45, 2.75) is 26.2 Å². The Hall–Kier alpha value is -0.900. The topological polar surface area (TPSA) is 51.0 Å². The SMILES string of the molecule is CCCCC(=NOC)OP(O)(=S)c1ccccc1. The average molecular weight is 287 g/mol. The van der Waals surface area contributed by atoms with Crippen molar-refractivity contribution in [1.82, 2.24) is 0 Å². The Morgan fingerprint density at radius 1 is 1.39 bits per heavy atom. The maximum atomic E-state index is 10.2. The van der Waals surface area contributed by atoms with Crippen molar-refractivity contribution in [1.29, 1.82) is 0 Å². The third-order valence-corrected chi connectivity index (χ3v) is 4.51. The molecule has 0 aromatic heterocycles. The van der Waals surface area contributed by atoms with Crippen molar-refractivity contribution >= 4 is 29.5 Å². The molecule has 0 radical (unpaired) electrons. The van der Waals surface area contributed by atoms with E-state index < -0.39 is 6.49 Å². The first-order chi connectivity index (χ1) is 8.60. The van der Waals surface area contributed by atoms with Gasteiger partial charge in [-0.05, 0) is 30.4 Å². The molecule has 0 saturated carbocycles. The van der Waals surface area contributed by atoms with Crippen LogP contribution in [0, 0.1) is 0 Å². The van der Waals surface area contributed by atoms with E-state index in [1.54, 1.807) is 12.1 Å². The van der Waals surface area contributed by atoms with Crippen LogP contribution in [-0.4, -0.2) is 17.9 Å². The van der Waals surface area contributed by atoms with Gasteiger partial charge in [0.25, 0.3) is 6.49 Å². The Bertz CT molecular complexity index is 436. The summed E-state index contributed by atoms with van der Waals surface area (Å²) in [7, 11) is 1.44. The van der Waals surface area contributed by atoms with Gasteiger partial charge in [0.05, 0.1) is 0 Å². The molecule has 1 unspecified atom stereocenters. The molecule has 1 N–H and O–H groups in total. The van der Waals surface area contributed by atoms with E-state index >= 15 is 0 Å². The summed E-state index contributed by atoms with van der Waals surface area (Å²) in [4.78, 5) is 15.0. The first kappa shape index (κ1) is 15.2. The normalized spacial score (nSPS) is 14.9. The van der Waals surface area contributed by atoms with E-state index in [1.807, 2.05) is 18.2 Å². The average Bonchev–Trinajstić information content (AvgIpc) is 2.37. The van der Waals surface area contributed by atoms with Crippen LogP contribution in [0.25, 0.3) is 0 Å². The van der Waals surface area contributed by atoms with Gasteiger partial charge in [-0.2, -0.15) is 0 Å². The van der Waals surface area contributed by atoms with Crippen LogP contribution in [-0.2, 0) is 21.2 Å². The maximum Gasteiger partial charge on any atom is 0.267 e. The van der Waals surface area contributed by atoms with Gasteiger partial charge >= 0.3 is 0 Å². The lowest BCUT2D eigenvalue weighted by atomic mass is 10.2. The lowest BCUT2D eigenvalue weighted by Gasteiger charge is -2.17. The van der Waals surface area contributed by atoms with Crippen LogP contribution < -0.4 is 5.30 Å². The number of rotatable bonds is 6. The van der Waals surface area contributed by atoms with Crippen molar-refractivity contribution in [3.8, 4) is 0 Å². The number of nitrogens with zero attached hydrogens (tertiary/aromatic N) is 1. The van der Waals surface area contributed by atoms with E-state index in [-0.39, 0.29) is 0 Å². The number of hydrogen-bond donors (Lipinski definition) is 1. The van der Waals surface area contributed by atoms with Gasteiger partial charge < -0.3 is 14.3 Å². The number of hydrogen-bond acceptors (Lipinski definition) is 4. The molecule has 0 fully saturated rings. The number of oxime groups is 1. The summed E-state index contributed by atoms with van der Waals surface area (Å²) in [5, 5.41) is 4.38. The zero-order chi connectivity index (χ0) is 13.4. The van der Waals surface area contributed by atoms with E-state index in [0.29, 0.717) is 17.6 Å². The van der Waals surface area contributed by atoms with E-state index in [0.717, 1.165) is 12.8 Å². The molecule has 0 heterocycles. The van der Waals surface area contributed by atoms with Gasteiger partial charge in [-0.25, -0.2) is 0 Å². The summed E-state index contributed by atoms with van der Waals surface area (Å²) in [6.07, 6.45) is 2.52. The van der Waals surface area contributed by atoms with Crippen molar-refractivity contribution in [2.24, 2.45) is 5.16 Å². The van der Waals surface area contributed by atoms with Gasteiger partial charge in [-0.15, -0.1) is 0 Å². The molecule has 100 valence electrons. The molecule has 4 nitrogen and oxygen atoms in total. The summed E-state index contributed by atoms with van der Waals surface area (Å²) < 4.78 is 5.47. The monoisotopic (exact) mass is 287 g/mol. The fourth-order valence-electron chi connectivity index (χ4n) is 1.35. The minimum Gasteiger partial charge on any atom is -0.423 e. The molecule has 0 bridgehead atoms. The highest BCUT2D eigenvalue weighted by atomic mass is 32.5. The van der Waals surface area contributed by atoms with E-state index in [9.17, 15) is 4.89 Å². The minimum absolute atomic E-state index is 0.356. The standard InChI is InChI=1S/C12H18NO3PS/c1-3-4-10-12(13-15-2)16-17(14,18)11-8-6-5-7-9-11/h5-9H,3-4,10H2,1-2H3,(H,14,18). The molecule has 6 heteroatoms. The molecule has 1 aromatic carbocycles. The lowest BCUT2D eigenvalue weighted by Crippen LogP contribution is -2.11. The molecular formula is C12H18NO3PS. The van der Waals surface area contributed by atoms with E-state index in [4.69, 9.17) is 21.2 Å². The molecule has 0 spiro atoms. The van der Waals surface area contributed by atoms with Gasteiger partial charge in [0.15, 0.2) is 0 Å². The van der Waals surface area contributed by atoms with E-state index in [1.165, 1.54) is 7.11 Å². The van der Waals surface area contributed by atoms with Gasteiger partial charge in [0, 0.05) is 11.7 Å². The molecule has 1 atom stereocenters. The van der Waals surface area contributed by atoms with Crippen LogP contribution in [0.2, 0.25) is 0 Å². The highest BCUT2D eigenvalue weighted by molar-refractivity contribution is 8.13. The van der Waals surface area contributed by atoms with Crippen LogP contribution >= 0.6 is 6.49 Å². The zero-order valence-corrected chi connectivity index (χ0v) is 12.3. The smallest absolute Gasteiger partial charge is 0.267 e. The second-order valence-corrected chi connectivity index (χ2v) is 6.94. The van der Waals surface area contributed by atoms with Gasteiger partial charge in [-0.3, -0.25) is 0 Å². The molecule has 1 rings (SSSR count). The lowest BCUT2D eigenvalue weighted by molar-refractivity contribution is 0.203. The summed E-state index contributed by atoms with van der Waals surface area (Å²) in [6.45, 7) is -0.982. The van der Waals surface area contributed by atoms with Crippen molar-refractivity contribution in [3.63, 3.8) is 0 Å². The van der Waals surface area contributed by atoms with Gasteiger partial charge in [0.1, 0.15) is 7.11 Å². The first-order valence-electron chi connectivity index (χ1n) is 5.78. The summed E-state index contributed by atoms with van der Waals surface area (Å²) in [5.74, 6) is 0.356. The quantitative estimate of drug-likeness (QED) is 0.378. The van der Waals surface area contributed by atoms with Crippen molar-refractivity contribution in [2.75, 3.05) is 7.11 Å². The predicted molar refractivity (Wildman–Crippen MR) is 77.6 cm³/mol. The fraction of sp³-hybridized carbons (Fsp3) is 0.417. The zero-order valence-electron chi connectivity index (χ0n) is 10.6. The van der Waals surface area contributed by atoms with Crippen LogP contribution in [0.5, 0.6) is 0 Å². The fourth-order valence-corrected chi connectivity index (χ4v) is 3.04. The van der Waals surface area contributed by atoms with Crippen molar-refractivity contribution in [3.05, 3.63) is 30.3 Å². The molecule has 0 aliphatic carbocycles. The second-order valence-electron chi connectivity index (χ2n) is 3.72. The summed E-state index contributed by atoms with van der Waals surface area (Å²) in [6, 6.07) is 9.00. The molecule has 18 heavy (non-hydrogen) atoms. The first-order valence-corrected chi connectivity index (χ1v) is 8.45. The molecule has 0 amide bonds. The Kier molecular flexibility index (Phi) is 6.33. The molecular weight excluding hydrogens is 269 g/mol. The summed E-state index contributed by atoms with van der Waals surface area (Å²) >= 11 is 5.16. The molecule has 0 saturated heterocycles. The maximum absolute atomic E-state index is 10.2. The minimum atomic E-state index is -3.05. The van der Waals surface area contributed by atoms with Gasteiger partial charge in [0.2, 0.25) is 5.90 Å². The third-order valence-electron chi connectivity index (χ3n) is 2.25. The Balaban J connectivity index is 2.80. The Labute approximate surface area is 113 Å². The summed E-state index contributed by atoms with van der Waals surface area (Å²) in [5.41, 5.74) is 0. The predicted octanol–water partition coefficient (Wildman–Crippen LogP) is 2.78. The number of benzene rings is 1. The molecule has 0 aliphatic heterocycles. The Morgan fingerprint density at radius 3 is 2.61 bits per heavy atom. The van der Waals surface area contributed by atoms with Crippen LogP contribution in [0.15, 0.2) is 35.5 Å². The molecule has 0 aliphatic rings. The largest absolute Gasteiger partial charge is 0.423 e. The third kappa shape index (κ3) is 4.77. The second kappa shape index (κ2) is 7.52. The Morgan fingerprint density at radius 2 is 2.06 bits per heavy atom. The highest BCUT2D eigenvalue weighted by Gasteiger charge is 2.20. The van der Waals surface area contributed by atoms with Crippen LogP contribution in [0.1, 0.15) is 26.2 Å². The number of unbranched alkanes of at least 4 members (excludes halogenated alkanes) is 1. The van der Waals surface area contributed by atoms with Gasteiger partial charge in [-0.1, -0.05) is 36.7 Å². The van der Waals surface area contributed by atoms with Crippen LogP contribution in [0.3, 0.4) is 0 Å².